The van der Waals surface area contributed by atoms with E-state index < -0.39 is 0 Å². The zero-order valence-electron chi connectivity index (χ0n) is 14.1. The fraction of sp³-hybridized carbons (Fsp3) is 0.174. The molecule has 0 amide bonds. The maximum atomic E-state index is 5.29. The van der Waals surface area contributed by atoms with Crippen molar-refractivity contribution in [2.24, 2.45) is 0 Å². The van der Waals surface area contributed by atoms with Crippen LogP contribution in [-0.2, 0) is 12.8 Å². The number of benzene rings is 3. The van der Waals surface area contributed by atoms with Crippen molar-refractivity contribution in [3.05, 3.63) is 108 Å². The summed E-state index contributed by atoms with van der Waals surface area (Å²) in [5.74, 6) is 2.37. The first-order valence-corrected chi connectivity index (χ1v) is 8.42. The van der Waals surface area contributed by atoms with E-state index in [1.807, 2.05) is 12.1 Å². The van der Waals surface area contributed by atoms with Crippen LogP contribution in [0.15, 0.2) is 84.9 Å². The summed E-state index contributed by atoms with van der Waals surface area (Å²) in [6.45, 7) is 0. The Morgan fingerprint density at radius 1 is 0.708 bits per heavy atom. The Morgan fingerprint density at radius 2 is 1.29 bits per heavy atom. The van der Waals surface area contributed by atoms with Crippen LogP contribution in [-0.4, -0.2) is 7.11 Å². The summed E-state index contributed by atoms with van der Waals surface area (Å²) in [7, 11) is 1.71. The Balaban J connectivity index is 1.76. The molecule has 0 spiro atoms. The first-order chi connectivity index (χ1) is 11.8. The minimum Gasteiger partial charge on any atom is -0.497 e. The van der Waals surface area contributed by atoms with Crippen LogP contribution in [0.2, 0.25) is 0 Å². The highest BCUT2D eigenvalue weighted by Gasteiger charge is 2.14. The van der Waals surface area contributed by atoms with E-state index in [0.29, 0.717) is 0 Å². The summed E-state index contributed by atoms with van der Waals surface area (Å²) >= 11 is 0. The third-order valence-corrected chi connectivity index (χ3v) is 4.32. The van der Waals surface area contributed by atoms with E-state index in [9.17, 15) is 0 Å². The molecule has 3 aromatic rings. The number of hydrogen-bond acceptors (Lipinski definition) is 1. The van der Waals surface area contributed by atoms with Crippen LogP contribution in [0.5, 0.6) is 5.75 Å². The average molecular weight is 315 g/mol. The van der Waals surface area contributed by atoms with Crippen molar-refractivity contribution >= 4 is 0 Å². The van der Waals surface area contributed by atoms with Crippen LogP contribution in [0.4, 0.5) is 0 Å². The number of rotatable bonds is 7. The van der Waals surface area contributed by atoms with E-state index in [0.717, 1.165) is 25.0 Å². The van der Waals surface area contributed by atoms with Gasteiger partial charge in [0.1, 0.15) is 5.75 Å². The highest BCUT2D eigenvalue weighted by atomic mass is 16.5. The first kappa shape index (κ1) is 16.3. The molecular formula is C23H23O. The molecule has 0 aliphatic rings. The van der Waals surface area contributed by atoms with Gasteiger partial charge in [-0.05, 0) is 48.1 Å². The molecule has 0 saturated carbocycles. The topological polar surface area (TPSA) is 9.23 Å². The van der Waals surface area contributed by atoms with Crippen molar-refractivity contribution < 1.29 is 4.74 Å². The van der Waals surface area contributed by atoms with Gasteiger partial charge in [-0.25, -0.2) is 0 Å². The summed E-state index contributed by atoms with van der Waals surface area (Å²) in [5, 5.41) is 0. The molecule has 121 valence electrons. The van der Waals surface area contributed by atoms with Crippen LogP contribution >= 0.6 is 0 Å². The van der Waals surface area contributed by atoms with E-state index in [-0.39, 0.29) is 0 Å². The van der Waals surface area contributed by atoms with Gasteiger partial charge < -0.3 is 4.74 Å². The zero-order chi connectivity index (χ0) is 16.6. The largest absolute Gasteiger partial charge is 0.497 e. The fourth-order valence-corrected chi connectivity index (χ4v) is 2.94. The van der Waals surface area contributed by atoms with Gasteiger partial charge in [-0.15, -0.1) is 0 Å². The maximum Gasteiger partial charge on any atom is 0.118 e. The van der Waals surface area contributed by atoms with Crippen LogP contribution in [0.25, 0.3) is 0 Å². The van der Waals surface area contributed by atoms with Gasteiger partial charge in [0.25, 0.3) is 0 Å². The lowest BCUT2D eigenvalue weighted by atomic mass is 9.87. The molecule has 0 saturated heterocycles. The third-order valence-electron chi connectivity index (χ3n) is 4.32. The van der Waals surface area contributed by atoms with Gasteiger partial charge in [0.2, 0.25) is 0 Å². The molecule has 3 rings (SSSR count). The predicted molar refractivity (Wildman–Crippen MR) is 100 cm³/mol. The molecular weight excluding hydrogens is 292 g/mol. The highest BCUT2D eigenvalue weighted by molar-refractivity contribution is 5.38. The van der Waals surface area contributed by atoms with E-state index in [1.54, 1.807) is 7.11 Å². The molecule has 0 atom stereocenters. The Morgan fingerprint density at radius 3 is 1.88 bits per heavy atom. The Labute approximate surface area is 144 Å². The van der Waals surface area contributed by atoms with E-state index >= 15 is 0 Å². The molecule has 24 heavy (non-hydrogen) atoms. The molecule has 0 aliphatic carbocycles. The quantitative estimate of drug-likeness (QED) is 0.560. The number of aryl methyl sites for hydroxylation is 1. The molecule has 0 N–H and O–H groups in total. The lowest BCUT2D eigenvalue weighted by molar-refractivity contribution is 0.414. The van der Waals surface area contributed by atoms with Gasteiger partial charge in [0, 0.05) is 5.92 Å². The smallest absolute Gasteiger partial charge is 0.118 e. The van der Waals surface area contributed by atoms with Crippen molar-refractivity contribution in [3.63, 3.8) is 0 Å². The second-order valence-electron chi connectivity index (χ2n) is 5.98. The van der Waals surface area contributed by atoms with Crippen LogP contribution in [0.1, 0.15) is 23.1 Å². The van der Waals surface area contributed by atoms with E-state index in [4.69, 9.17) is 4.74 Å². The molecule has 0 unspecified atom stereocenters. The highest BCUT2D eigenvalue weighted by Crippen LogP contribution is 2.27. The van der Waals surface area contributed by atoms with Crippen molar-refractivity contribution in [1.29, 1.82) is 0 Å². The summed E-state index contributed by atoms with van der Waals surface area (Å²) in [6, 6.07) is 29.8. The summed E-state index contributed by atoms with van der Waals surface area (Å²) in [4.78, 5) is 0. The third kappa shape index (κ3) is 4.48. The SMILES string of the molecule is COc1ccc([C](CCc2ccccc2)Cc2ccccc2)cc1. The zero-order valence-corrected chi connectivity index (χ0v) is 14.1. The standard InChI is InChI=1S/C23H23O/c1-24-23-16-14-21(15-17-23)22(18-20-10-6-3-7-11-20)13-12-19-8-4-2-5-9-19/h2-11,14-17H,12-13,18H2,1H3. The number of methoxy groups -OCH3 is 1. The maximum absolute atomic E-state index is 5.29. The van der Waals surface area contributed by atoms with Crippen molar-refractivity contribution in [3.8, 4) is 5.75 Å². The predicted octanol–water partition coefficient (Wildman–Crippen LogP) is 5.49. The Hall–Kier alpha value is -2.54. The lowest BCUT2D eigenvalue weighted by Gasteiger charge is -2.17. The molecule has 0 aliphatic heterocycles. The Kier molecular flexibility index (Phi) is 5.68. The molecule has 3 aromatic carbocycles. The first-order valence-electron chi connectivity index (χ1n) is 8.42. The molecule has 1 heteroatoms. The average Bonchev–Trinajstić information content (AvgIpc) is 2.67. The number of hydrogen-bond donors (Lipinski definition) is 0. The molecule has 0 aromatic heterocycles. The molecule has 0 bridgehead atoms. The van der Waals surface area contributed by atoms with Crippen LogP contribution in [0, 0.1) is 5.92 Å². The minimum absolute atomic E-state index is 0.904. The summed E-state index contributed by atoms with van der Waals surface area (Å²) in [6.07, 6.45) is 3.11. The number of ether oxygens (including phenoxy) is 1. The van der Waals surface area contributed by atoms with Gasteiger partial charge in [-0.3, -0.25) is 0 Å². The molecule has 0 heterocycles. The molecule has 0 fully saturated rings. The van der Waals surface area contributed by atoms with Crippen molar-refractivity contribution in [2.75, 3.05) is 7.11 Å². The second-order valence-corrected chi connectivity index (χ2v) is 5.98. The summed E-state index contributed by atoms with van der Waals surface area (Å²) in [5.41, 5.74) is 4.04. The Bertz CT molecular complexity index is 717. The minimum atomic E-state index is 0.904. The van der Waals surface area contributed by atoms with Gasteiger partial charge in [0.15, 0.2) is 0 Å². The van der Waals surface area contributed by atoms with Crippen molar-refractivity contribution in [1.82, 2.24) is 0 Å². The molecule has 1 radical (unpaired) electrons. The van der Waals surface area contributed by atoms with Gasteiger partial charge in [0.05, 0.1) is 7.11 Å². The second kappa shape index (κ2) is 8.35. The fourth-order valence-electron chi connectivity index (χ4n) is 2.94. The monoisotopic (exact) mass is 315 g/mol. The van der Waals surface area contributed by atoms with Gasteiger partial charge >= 0.3 is 0 Å². The van der Waals surface area contributed by atoms with Crippen molar-refractivity contribution in [2.45, 2.75) is 19.3 Å². The molecule has 1 nitrogen and oxygen atoms in total. The lowest BCUT2D eigenvalue weighted by Crippen LogP contribution is -2.06. The van der Waals surface area contributed by atoms with Gasteiger partial charge in [-0.2, -0.15) is 0 Å². The normalized spacial score (nSPS) is 10.8. The van der Waals surface area contributed by atoms with Gasteiger partial charge in [-0.1, -0.05) is 72.8 Å². The van der Waals surface area contributed by atoms with Crippen LogP contribution in [0.3, 0.4) is 0 Å². The summed E-state index contributed by atoms with van der Waals surface area (Å²) < 4.78 is 5.29. The van der Waals surface area contributed by atoms with Crippen LogP contribution < -0.4 is 4.74 Å². The van der Waals surface area contributed by atoms with E-state index in [2.05, 4.69) is 72.8 Å². The van der Waals surface area contributed by atoms with E-state index in [1.165, 1.54) is 22.6 Å².